The van der Waals surface area contributed by atoms with Gasteiger partial charge in [-0.25, -0.2) is 14.2 Å². The molecule has 1 N–H and O–H groups in total. The summed E-state index contributed by atoms with van der Waals surface area (Å²) in [6.45, 7) is 5.05. The lowest BCUT2D eigenvalue weighted by Gasteiger charge is -2.42. The third-order valence-electron chi connectivity index (χ3n) is 7.76. The van der Waals surface area contributed by atoms with Crippen LogP contribution in [0.4, 0.5) is 4.39 Å². The number of carbonyl (C=O) groups is 1. The molecule has 8 nitrogen and oxygen atoms in total. The van der Waals surface area contributed by atoms with Crippen LogP contribution in [0.25, 0.3) is 21.3 Å². The first kappa shape index (κ1) is 26.9. The molecule has 0 spiro atoms. The van der Waals surface area contributed by atoms with Crippen molar-refractivity contribution < 1.29 is 19.0 Å². The van der Waals surface area contributed by atoms with Crippen LogP contribution in [0.5, 0.6) is 5.75 Å². The van der Waals surface area contributed by atoms with E-state index in [0.717, 1.165) is 39.9 Å². The summed E-state index contributed by atoms with van der Waals surface area (Å²) >= 11 is 7.68. The van der Waals surface area contributed by atoms with Gasteiger partial charge in [0, 0.05) is 51.9 Å². The Hall–Kier alpha value is -3.34. The highest BCUT2D eigenvalue weighted by atomic mass is 35.5. The molecule has 1 aliphatic carbocycles. The van der Waals surface area contributed by atoms with E-state index in [1.165, 1.54) is 11.3 Å². The molecule has 1 atom stereocenters. The molecule has 11 heteroatoms. The van der Waals surface area contributed by atoms with E-state index in [1.54, 1.807) is 28.1 Å². The summed E-state index contributed by atoms with van der Waals surface area (Å²) in [5.41, 5.74) is 4.28. The highest BCUT2D eigenvalue weighted by molar-refractivity contribution is 7.18. The molecule has 4 heterocycles. The Morgan fingerprint density at radius 1 is 1.23 bits per heavy atom. The number of nitrogens with zero attached hydrogens (tertiary/aromatic N) is 4. The number of carboxylic acid groups (broad SMARTS) is 1. The highest BCUT2D eigenvalue weighted by Gasteiger charge is 2.35. The molecule has 2 aliphatic rings. The molecule has 0 amide bonds. The van der Waals surface area contributed by atoms with E-state index in [2.05, 4.69) is 9.88 Å². The first-order chi connectivity index (χ1) is 19.2. The van der Waals surface area contributed by atoms with Crippen molar-refractivity contribution in [3.63, 3.8) is 0 Å². The lowest BCUT2D eigenvalue weighted by molar-refractivity contribution is 0.0220. The number of pyridine rings is 1. The predicted octanol–water partition coefficient (Wildman–Crippen LogP) is 5.08. The Morgan fingerprint density at radius 3 is 2.77 bits per heavy atom. The van der Waals surface area contributed by atoms with Crippen molar-refractivity contribution in [2.24, 2.45) is 0 Å². The van der Waals surface area contributed by atoms with Gasteiger partial charge in [-0.3, -0.25) is 19.2 Å². The minimum atomic E-state index is -1.03. The number of aryl methyl sites for hydroxylation is 3. The van der Waals surface area contributed by atoms with Gasteiger partial charge in [0.05, 0.1) is 28.0 Å². The molecule has 1 fully saturated rings. The molecule has 0 radical (unpaired) electrons. The summed E-state index contributed by atoms with van der Waals surface area (Å²) in [5, 5.41) is 11.7. The van der Waals surface area contributed by atoms with Crippen molar-refractivity contribution in [3.05, 3.63) is 73.4 Å². The number of rotatable bonds is 7. The first-order valence-electron chi connectivity index (χ1n) is 13.2. The second kappa shape index (κ2) is 10.6. The Balaban J connectivity index is 1.26. The molecule has 0 bridgehead atoms. The van der Waals surface area contributed by atoms with Gasteiger partial charge in [0.25, 0.3) is 5.56 Å². The molecule has 0 saturated carbocycles. The molecule has 1 aromatic carbocycles. The Morgan fingerprint density at radius 2 is 2.02 bits per heavy atom. The van der Waals surface area contributed by atoms with Crippen molar-refractivity contribution in [3.8, 4) is 16.9 Å². The Bertz CT molecular complexity index is 1700. The molecule has 40 heavy (non-hydrogen) atoms. The maximum atomic E-state index is 13.5. The number of carboxylic acids is 1. The maximum absolute atomic E-state index is 13.5. The zero-order valence-electron chi connectivity index (χ0n) is 22.1. The average Bonchev–Trinajstić information content (AvgIpc) is 3.33. The predicted molar refractivity (Wildman–Crippen MR) is 153 cm³/mol. The number of aromatic carboxylic acids is 1. The van der Waals surface area contributed by atoms with Gasteiger partial charge in [0.1, 0.15) is 24.4 Å². The molecule has 1 saturated heterocycles. The van der Waals surface area contributed by atoms with Gasteiger partial charge in [0.2, 0.25) is 0 Å². The molecule has 3 aromatic heterocycles. The quantitative estimate of drug-likeness (QED) is 0.325. The number of likely N-dealkylation sites (tertiary alicyclic amines) is 1. The minimum absolute atomic E-state index is 0.0595. The minimum Gasteiger partial charge on any atom is -0.491 e. The van der Waals surface area contributed by atoms with E-state index in [1.807, 2.05) is 19.9 Å². The fourth-order valence-corrected chi connectivity index (χ4v) is 6.90. The van der Waals surface area contributed by atoms with E-state index in [0.29, 0.717) is 53.9 Å². The topological polar surface area (TPSA) is 97.6 Å². The summed E-state index contributed by atoms with van der Waals surface area (Å²) in [7, 11) is 0. The van der Waals surface area contributed by atoms with E-state index in [9.17, 15) is 19.1 Å². The molecule has 1 aliphatic heterocycles. The standard InChI is InChI=1S/C29H28ClFN4O4S/c1-15-9-21(27-26(32-15)23(14-40-27)29(37)38)20-10-17(30)3-6-25(20)39-8-7-35-16(2)33-24-5-4-19(11-22(24)28(35)36)34-12-18(31)13-34/h3,6,9-10,14,18-19H,4-5,7-8,11-13H2,1-2H3,(H,37,38). The van der Waals surface area contributed by atoms with Crippen LogP contribution in [0.1, 0.15) is 39.6 Å². The van der Waals surface area contributed by atoms with Crippen molar-refractivity contribution in [1.29, 1.82) is 0 Å². The van der Waals surface area contributed by atoms with E-state index < -0.39 is 12.1 Å². The molecule has 6 rings (SSSR count). The van der Waals surface area contributed by atoms with Crippen LogP contribution >= 0.6 is 22.9 Å². The summed E-state index contributed by atoms with van der Waals surface area (Å²) in [6, 6.07) is 7.38. The zero-order chi connectivity index (χ0) is 28.1. The summed E-state index contributed by atoms with van der Waals surface area (Å²) in [4.78, 5) is 36.5. The number of alkyl halides is 1. The van der Waals surface area contributed by atoms with Gasteiger partial charge >= 0.3 is 5.97 Å². The number of aromatic nitrogens is 3. The number of halogens is 2. The molecular formula is C29H28ClFN4O4S. The fraction of sp³-hybridized carbons (Fsp3) is 0.379. The van der Waals surface area contributed by atoms with E-state index >= 15 is 0 Å². The lowest BCUT2D eigenvalue weighted by Crippen LogP contribution is -2.55. The third kappa shape index (κ3) is 4.88. The Kier molecular flexibility index (Phi) is 7.10. The van der Waals surface area contributed by atoms with Gasteiger partial charge < -0.3 is 9.84 Å². The smallest absolute Gasteiger partial charge is 0.338 e. The molecule has 4 aromatic rings. The van der Waals surface area contributed by atoms with Crippen molar-refractivity contribution in [2.75, 3.05) is 19.7 Å². The first-order valence-corrected chi connectivity index (χ1v) is 14.5. The largest absolute Gasteiger partial charge is 0.491 e. The number of benzene rings is 1. The third-order valence-corrected chi connectivity index (χ3v) is 9.00. The summed E-state index contributed by atoms with van der Waals surface area (Å²) in [5.74, 6) is 0.179. The normalized spacial score (nSPS) is 17.6. The SMILES string of the molecule is Cc1cc(-c2cc(Cl)ccc2OCCn2c(C)nc3c(c2=O)CC(N2CC(F)C2)CC3)c2scc(C(=O)O)c2n1. The second-order valence-electron chi connectivity index (χ2n) is 10.4. The van der Waals surface area contributed by atoms with Crippen LogP contribution in [0.15, 0.2) is 34.4 Å². The average molecular weight is 583 g/mol. The highest BCUT2D eigenvalue weighted by Crippen LogP contribution is 2.40. The lowest BCUT2D eigenvalue weighted by atomic mass is 9.89. The van der Waals surface area contributed by atoms with Crippen LogP contribution in [-0.2, 0) is 19.4 Å². The van der Waals surface area contributed by atoms with E-state index in [4.69, 9.17) is 21.3 Å². The van der Waals surface area contributed by atoms with Gasteiger partial charge in [-0.1, -0.05) is 11.6 Å². The number of fused-ring (bicyclic) bond motifs is 2. The van der Waals surface area contributed by atoms with Crippen LogP contribution in [-0.4, -0.2) is 62.4 Å². The van der Waals surface area contributed by atoms with Gasteiger partial charge in [-0.15, -0.1) is 11.3 Å². The van der Waals surface area contributed by atoms with Crippen LogP contribution in [0.2, 0.25) is 5.02 Å². The van der Waals surface area contributed by atoms with Crippen molar-refractivity contribution in [2.45, 2.75) is 51.9 Å². The van der Waals surface area contributed by atoms with Crippen molar-refractivity contribution in [1.82, 2.24) is 19.4 Å². The van der Waals surface area contributed by atoms with Gasteiger partial charge in [-0.05, 0) is 57.4 Å². The number of thiophene rings is 1. The Labute approximate surface area is 239 Å². The monoisotopic (exact) mass is 582 g/mol. The molecule has 208 valence electrons. The summed E-state index contributed by atoms with van der Waals surface area (Å²) < 4.78 is 22.0. The molecule has 1 unspecified atom stereocenters. The molecular weight excluding hydrogens is 555 g/mol. The van der Waals surface area contributed by atoms with Crippen LogP contribution < -0.4 is 10.3 Å². The summed E-state index contributed by atoms with van der Waals surface area (Å²) in [6.07, 6.45) is 1.43. The van der Waals surface area contributed by atoms with Crippen molar-refractivity contribution >= 4 is 39.1 Å². The van der Waals surface area contributed by atoms with Crippen LogP contribution in [0, 0.1) is 13.8 Å². The maximum Gasteiger partial charge on any atom is 0.338 e. The second-order valence-corrected chi connectivity index (χ2v) is 11.7. The zero-order valence-corrected chi connectivity index (χ0v) is 23.7. The van der Waals surface area contributed by atoms with Gasteiger partial charge in [0.15, 0.2) is 0 Å². The van der Waals surface area contributed by atoms with Crippen LogP contribution in [0.3, 0.4) is 0 Å². The number of hydrogen-bond donors (Lipinski definition) is 1. The van der Waals surface area contributed by atoms with E-state index in [-0.39, 0.29) is 23.8 Å². The fourth-order valence-electron chi connectivity index (χ4n) is 5.71. The number of ether oxygens (including phenoxy) is 1. The number of hydrogen-bond acceptors (Lipinski definition) is 7. The van der Waals surface area contributed by atoms with Gasteiger partial charge in [-0.2, -0.15) is 0 Å².